The van der Waals surface area contributed by atoms with Gasteiger partial charge in [0, 0.05) is 25.6 Å². The summed E-state index contributed by atoms with van der Waals surface area (Å²) in [7, 11) is 0. The molecular weight excluding hydrogens is 432 g/mol. The first-order valence-corrected chi connectivity index (χ1v) is 8.90. The van der Waals surface area contributed by atoms with Crippen LogP contribution in [-0.2, 0) is 0 Å². The Balaban J connectivity index is 1.74. The van der Waals surface area contributed by atoms with Crippen LogP contribution in [0.25, 0.3) is 0 Å². The van der Waals surface area contributed by atoms with E-state index >= 15 is 0 Å². The number of amides is 1. The summed E-state index contributed by atoms with van der Waals surface area (Å²) in [5.74, 6) is 0.236. The van der Waals surface area contributed by atoms with E-state index in [2.05, 4.69) is 27.9 Å². The van der Waals surface area contributed by atoms with Gasteiger partial charge in [0.05, 0.1) is 5.56 Å². The molecule has 1 fully saturated rings. The molecule has 5 heteroatoms. The Hall–Kier alpha value is -0.780. The van der Waals surface area contributed by atoms with Crippen LogP contribution in [-0.4, -0.2) is 11.9 Å². The summed E-state index contributed by atoms with van der Waals surface area (Å²) in [5.41, 5.74) is 1.78. The van der Waals surface area contributed by atoms with E-state index in [-0.39, 0.29) is 17.9 Å². The minimum Gasteiger partial charge on any atom is -0.349 e. The predicted molar refractivity (Wildman–Crippen MR) is 98.9 cm³/mol. The van der Waals surface area contributed by atoms with Crippen molar-refractivity contribution in [2.75, 3.05) is 0 Å². The molecule has 1 aliphatic carbocycles. The molecule has 0 unspecified atom stereocenters. The fourth-order valence-corrected chi connectivity index (χ4v) is 3.92. The molecule has 0 saturated heterocycles. The van der Waals surface area contributed by atoms with Gasteiger partial charge in [0.1, 0.15) is 0 Å². The molecule has 2 aromatic rings. The number of nitrogens with one attached hydrogen (secondary N) is 1. The number of rotatable bonds is 3. The summed E-state index contributed by atoms with van der Waals surface area (Å²) < 4.78 is 0.956. The van der Waals surface area contributed by atoms with Crippen molar-refractivity contribution in [3.8, 4) is 0 Å². The normalized spacial score (nSPS) is 20.3. The molecule has 2 aromatic carbocycles. The Morgan fingerprint density at radius 2 is 1.91 bits per heavy atom. The molecule has 0 bridgehead atoms. The summed E-state index contributed by atoms with van der Waals surface area (Å²) >= 11 is 14.4. The summed E-state index contributed by atoms with van der Waals surface area (Å²) in [6, 6.07) is 13.3. The first-order valence-electron chi connectivity index (χ1n) is 7.06. The fraction of sp³-hybridized carbons (Fsp3) is 0.235. The smallest absolute Gasteiger partial charge is 0.252 e. The van der Waals surface area contributed by atoms with Crippen LogP contribution in [0.3, 0.4) is 0 Å². The summed E-state index contributed by atoms with van der Waals surface area (Å²) in [5, 5.41) is 4.43. The van der Waals surface area contributed by atoms with E-state index in [0.29, 0.717) is 10.0 Å². The third-order valence-corrected chi connectivity index (χ3v) is 5.57. The van der Waals surface area contributed by atoms with Crippen molar-refractivity contribution in [2.45, 2.75) is 24.8 Å². The average molecular weight is 446 g/mol. The number of carbonyl (C=O) groups excluding carboxylic acids is 1. The zero-order valence-corrected chi connectivity index (χ0v) is 15.3. The summed E-state index contributed by atoms with van der Waals surface area (Å²) in [6.07, 6.45) is 2.00. The first-order chi connectivity index (χ1) is 10.6. The largest absolute Gasteiger partial charge is 0.349 e. The monoisotopic (exact) mass is 445 g/mol. The molecule has 0 radical (unpaired) electrons. The third-order valence-electron chi connectivity index (χ3n) is 4.07. The van der Waals surface area contributed by atoms with Crippen LogP contribution >= 0.6 is 45.8 Å². The second-order valence-electron chi connectivity index (χ2n) is 5.41. The highest BCUT2D eigenvalue weighted by molar-refractivity contribution is 14.1. The van der Waals surface area contributed by atoms with Crippen LogP contribution in [0.1, 0.15) is 34.7 Å². The van der Waals surface area contributed by atoms with Gasteiger partial charge in [-0.15, -0.1) is 0 Å². The van der Waals surface area contributed by atoms with Gasteiger partial charge in [-0.2, -0.15) is 0 Å². The van der Waals surface area contributed by atoms with E-state index in [9.17, 15) is 4.79 Å². The molecule has 2 nitrogen and oxygen atoms in total. The first kappa shape index (κ1) is 16.1. The lowest BCUT2D eigenvalue weighted by molar-refractivity contribution is 0.0904. The number of carbonyl (C=O) groups is 1. The maximum Gasteiger partial charge on any atom is 0.252 e. The molecule has 1 N–H and O–H groups in total. The Labute approximate surface area is 153 Å². The van der Waals surface area contributed by atoms with Crippen LogP contribution in [0.5, 0.6) is 0 Å². The zero-order valence-electron chi connectivity index (χ0n) is 11.7. The van der Waals surface area contributed by atoms with Gasteiger partial charge in [0.15, 0.2) is 0 Å². The summed E-state index contributed by atoms with van der Waals surface area (Å²) in [4.78, 5) is 12.4. The van der Waals surface area contributed by atoms with Gasteiger partial charge in [-0.1, -0.05) is 41.4 Å². The number of hydrogen-bond donors (Lipinski definition) is 1. The zero-order chi connectivity index (χ0) is 15.7. The topological polar surface area (TPSA) is 29.1 Å². The van der Waals surface area contributed by atoms with E-state index < -0.39 is 0 Å². The predicted octanol–water partition coefficient (Wildman–Crippen LogP) is 5.27. The third kappa shape index (κ3) is 3.26. The second-order valence-corrected chi connectivity index (χ2v) is 7.42. The minimum atomic E-state index is -0.0233. The van der Waals surface area contributed by atoms with Crippen molar-refractivity contribution in [1.82, 2.24) is 5.32 Å². The second kappa shape index (κ2) is 6.77. The van der Waals surface area contributed by atoms with Crippen LogP contribution in [0.4, 0.5) is 0 Å². The van der Waals surface area contributed by atoms with Gasteiger partial charge in [-0.3, -0.25) is 4.79 Å². The summed E-state index contributed by atoms with van der Waals surface area (Å²) in [6.45, 7) is 0. The molecule has 1 amide bonds. The van der Waals surface area contributed by atoms with Crippen molar-refractivity contribution in [3.63, 3.8) is 0 Å². The lowest BCUT2D eigenvalue weighted by Crippen LogP contribution is -2.45. The van der Waals surface area contributed by atoms with Crippen LogP contribution in [0.2, 0.25) is 10.0 Å². The van der Waals surface area contributed by atoms with E-state index in [1.165, 1.54) is 0 Å². The Bertz CT molecular complexity index is 720. The Kier molecular flexibility index (Phi) is 4.95. The van der Waals surface area contributed by atoms with Crippen LogP contribution in [0.15, 0.2) is 42.5 Å². The van der Waals surface area contributed by atoms with Crippen LogP contribution < -0.4 is 5.32 Å². The highest BCUT2D eigenvalue weighted by Crippen LogP contribution is 2.41. The minimum absolute atomic E-state index is 0.0233. The van der Waals surface area contributed by atoms with E-state index in [4.69, 9.17) is 23.2 Å². The molecular formula is C17H14Cl2INO. The van der Waals surface area contributed by atoms with Crippen molar-refractivity contribution in [1.29, 1.82) is 0 Å². The molecule has 22 heavy (non-hydrogen) atoms. The lowest BCUT2D eigenvalue weighted by atomic mass is 9.75. The molecule has 0 aromatic heterocycles. The van der Waals surface area contributed by atoms with Gasteiger partial charge in [-0.25, -0.2) is 0 Å². The quantitative estimate of drug-likeness (QED) is 0.640. The molecule has 1 aliphatic rings. The molecule has 0 aliphatic heterocycles. The SMILES string of the molecule is O=C(N[C@H]1CC[C@H]1c1ccc(Cl)cc1Cl)c1ccccc1I. The van der Waals surface area contributed by atoms with Crippen molar-refractivity contribution >= 4 is 51.7 Å². The van der Waals surface area contributed by atoms with Gasteiger partial charge in [0.25, 0.3) is 5.91 Å². The van der Waals surface area contributed by atoms with Gasteiger partial charge < -0.3 is 5.32 Å². The van der Waals surface area contributed by atoms with Crippen molar-refractivity contribution in [3.05, 3.63) is 67.2 Å². The molecule has 1 saturated carbocycles. The maximum absolute atomic E-state index is 12.4. The van der Waals surface area contributed by atoms with Gasteiger partial charge in [0.2, 0.25) is 0 Å². The maximum atomic E-state index is 12.4. The van der Waals surface area contributed by atoms with Gasteiger partial charge in [-0.05, 0) is 65.3 Å². The highest BCUT2D eigenvalue weighted by Gasteiger charge is 2.34. The molecule has 2 atom stereocenters. The molecule has 0 heterocycles. The fourth-order valence-electron chi connectivity index (χ4n) is 2.74. The van der Waals surface area contributed by atoms with Gasteiger partial charge >= 0.3 is 0 Å². The van der Waals surface area contributed by atoms with E-state index in [1.807, 2.05) is 36.4 Å². The average Bonchev–Trinajstić information content (AvgIpc) is 2.46. The molecule has 3 rings (SSSR count). The highest BCUT2D eigenvalue weighted by atomic mass is 127. The van der Waals surface area contributed by atoms with Crippen molar-refractivity contribution < 1.29 is 4.79 Å². The van der Waals surface area contributed by atoms with E-state index in [1.54, 1.807) is 6.07 Å². The van der Waals surface area contributed by atoms with Crippen LogP contribution in [0, 0.1) is 3.57 Å². The Morgan fingerprint density at radius 3 is 2.55 bits per heavy atom. The standard InChI is InChI=1S/C17H14Cl2INO/c18-10-5-6-11(14(19)9-10)12-7-8-16(12)21-17(22)13-3-1-2-4-15(13)20/h1-6,9,12,16H,7-8H2,(H,21,22)/t12-,16-/m0/s1. The Morgan fingerprint density at radius 1 is 1.14 bits per heavy atom. The van der Waals surface area contributed by atoms with E-state index in [0.717, 1.165) is 27.5 Å². The molecule has 114 valence electrons. The number of halogens is 3. The van der Waals surface area contributed by atoms with Crippen molar-refractivity contribution in [2.24, 2.45) is 0 Å². The lowest BCUT2D eigenvalue weighted by Gasteiger charge is -2.38. The number of hydrogen-bond acceptors (Lipinski definition) is 1. The number of benzene rings is 2. The molecule has 0 spiro atoms.